The van der Waals surface area contributed by atoms with Crippen molar-refractivity contribution < 1.29 is 18.0 Å². The number of halogens is 1. The molecule has 0 radical (unpaired) electrons. The first-order valence-electron chi connectivity index (χ1n) is 9.34. The van der Waals surface area contributed by atoms with Crippen molar-refractivity contribution in [2.45, 2.75) is 24.7 Å². The number of thiophene rings is 1. The smallest absolute Gasteiger partial charge is 0.284 e. The van der Waals surface area contributed by atoms with Gasteiger partial charge in [0.15, 0.2) is 9.84 Å². The van der Waals surface area contributed by atoms with Crippen LogP contribution in [0.4, 0.5) is 0 Å². The molecule has 10 heteroatoms. The van der Waals surface area contributed by atoms with E-state index in [1.165, 1.54) is 15.4 Å². The molecule has 30 heavy (non-hydrogen) atoms. The Morgan fingerprint density at radius 2 is 1.90 bits per heavy atom. The largest absolute Gasteiger partial charge is 0.358 e. The number of benzene rings is 1. The van der Waals surface area contributed by atoms with Gasteiger partial charge in [-0.05, 0) is 25.0 Å². The number of rotatable bonds is 4. The lowest BCUT2D eigenvalue weighted by atomic mass is 10.1. The van der Waals surface area contributed by atoms with Gasteiger partial charge >= 0.3 is 0 Å². The molecule has 2 aromatic heterocycles. The van der Waals surface area contributed by atoms with Gasteiger partial charge in [0.2, 0.25) is 5.91 Å². The Bertz CT molecular complexity index is 1260. The van der Waals surface area contributed by atoms with E-state index in [1.807, 2.05) is 31.2 Å². The number of para-hydroxylation sites is 1. The number of H-pyrrole nitrogens is 1. The van der Waals surface area contributed by atoms with Crippen LogP contribution in [0.5, 0.6) is 0 Å². The molecule has 1 fully saturated rings. The average molecular weight is 466 g/mol. The van der Waals surface area contributed by atoms with Gasteiger partial charge in [-0.3, -0.25) is 14.6 Å². The highest BCUT2D eigenvalue weighted by atomic mass is 35.5. The van der Waals surface area contributed by atoms with Gasteiger partial charge in [0, 0.05) is 41.3 Å². The highest BCUT2D eigenvalue weighted by Gasteiger charge is 2.34. The summed E-state index contributed by atoms with van der Waals surface area (Å²) in [6, 6.07) is 7.78. The summed E-state index contributed by atoms with van der Waals surface area (Å²) in [5.74, 6) is -0.647. The minimum atomic E-state index is -3.54. The van der Waals surface area contributed by atoms with E-state index in [0.717, 1.165) is 39.8 Å². The fourth-order valence-corrected chi connectivity index (χ4v) is 6.58. The van der Waals surface area contributed by atoms with Crippen molar-refractivity contribution in [1.82, 2.24) is 15.0 Å². The van der Waals surface area contributed by atoms with Crippen LogP contribution in [0.15, 0.2) is 34.5 Å². The van der Waals surface area contributed by atoms with Crippen molar-refractivity contribution >= 4 is 55.5 Å². The molecule has 158 valence electrons. The lowest BCUT2D eigenvalue weighted by Gasteiger charge is -2.27. The van der Waals surface area contributed by atoms with E-state index in [2.05, 4.69) is 4.98 Å². The van der Waals surface area contributed by atoms with Crippen molar-refractivity contribution in [2.24, 2.45) is 0 Å². The van der Waals surface area contributed by atoms with Crippen LogP contribution >= 0.6 is 22.9 Å². The molecule has 1 aliphatic rings. The molecule has 0 saturated carbocycles. The molecule has 1 aromatic carbocycles. The lowest BCUT2D eigenvalue weighted by molar-refractivity contribution is -0.139. The maximum atomic E-state index is 13.1. The van der Waals surface area contributed by atoms with Gasteiger partial charge in [0.1, 0.15) is 4.88 Å². The monoisotopic (exact) mass is 465 g/mol. The molecule has 1 aliphatic heterocycles. The topological polar surface area (TPSA) is 90.6 Å². The molecule has 0 unspecified atom stereocenters. The number of hydrogen-bond acceptors (Lipinski definition) is 5. The Hall–Kier alpha value is -2.36. The molecular weight excluding hydrogens is 446 g/mol. The third kappa shape index (κ3) is 3.61. The van der Waals surface area contributed by atoms with Gasteiger partial charge < -0.3 is 4.98 Å². The number of carbonyl (C=O) groups excluding carboxylic acids is 2. The summed E-state index contributed by atoms with van der Waals surface area (Å²) in [6.45, 7) is 2.72. The Morgan fingerprint density at radius 1 is 1.20 bits per heavy atom. The van der Waals surface area contributed by atoms with Gasteiger partial charge in [-0.2, -0.15) is 0 Å². The van der Waals surface area contributed by atoms with Crippen LogP contribution < -0.4 is 0 Å². The molecule has 2 amide bonds. The molecule has 1 saturated heterocycles. The third-order valence-electron chi connectivity index (χ3n) is 5.20. The number of aryl methyl sites for hydroxylation is 1. The van der Waals surface area contributed by atoms with E-state index in [1.54, 1.807) is 0 Å². The molecule has 0 atom stereocenters. The summed E-state index contributed by atoms with van der Waals surface area (Å²) >= 11 is 7.16. The van der Waals surface area contributed by atoms with Crippen LogP contribution in [0.2, 0.25) is 5.02 Å². The number of hydrogen-bond donors (Lipinski definition) is 1. The number of aromatic amines is 1. The zero-order valence-electron chi connectivity index (χ0n) is 16.4. The van der Waals surface area contributed by atoms with Gasteiger partial charge in [-0.1, -0.05) is 29.8 Å². The number of fused-ring (bicyclic) bond motifs is 1. The molecule has 4 rings (SSSR count). The normalized spacial score (nSPS) is 14.6. The fraction of sp³-hybridized carbons (Fsp3) is 0.300. The molecule has 7 nitrogen and oxygen atoms in total. The third-order valence-corrected chi connectivity index (χ3v) is 8.06. The second-order valence-corrected chi connectivity index (χ2v) is 10.5. The first-order chi connectivity index (χ1) is 14.2. The lowest BCUT2D eigenvalue weighted by Crippen LogP contribution is -2.45. The highest BCUT2D eigenvalue weighted by Crippen LogP contribution is 2.33. The molecule has 3 aromatic rings. The van der Waals surface area contributed by atoms with Gasteiger partial charge in [-0.15, -0.1) is 11.3 Å². The molecular formula is C20H20ClN3O4S2. The number of carbonyl (C=O) groups is 2. The Balaban J connectivity index is 1.59. The number of aromatic nitrogens is 1. The van der Waals surface area contributed by atoms with Crippen LogP contribution in [-0.2, 0) is 21.1 Å². The Kier molecular flexibility index (Phi) is 5.37. The van der Waals surface area contributed by atoms with Crippen molar-refractivity contribution in [3.8, 4) is 0 Å². The summed E-state index contributed by atoms with van der Waals surface area (Å²) in [5, 5.41) is 5.08. The quantitative estimate of drug-likeness (QED) is 0.639. The second-order valence-electron chi connectivity index (χ2n) is 7.26. The maximum Gasteiger partial charge on any atom is 0.284 e. The van der Waals surface area contributed by atoms with Gasteiger partial charge in [-0.25, -0.2) is 13.4 Å². The summed E-state index contributed by atoms with van der Waals surface area (Å²) in [4.78, 5) is 29.5. The van der Waals surface area contributed by atoms with Crippen molar-refractivity contribution in [1.29, 1.82) is 0 Å². The van der Waals surface area contributed by atoms with Crippen molar-refractivity contribution in [2.75, 3.05) is 19.3 Å². The minimum Gasteiger partial charge on any atom is -0.358 e. The Morgan fingerprint density at radius 3 is 2.60 bits per heavy atom. The highest BCUT2D eigenvalue weighted by molar-refractivity contribution is 7.91. The molecule has 0 spiro atoms. The number of hydrazine groups is 1. The molecule has 0 aliphatic carbocycles. The second kappa shape index (κ2) is 7.72. The van der Waals surface area contributed by atoms with Crippen LogP contribution in [0.3, 0.4) is 0 Å². The SMILES string of the molecule is Cc1[nH]c2ccccc2c1CC(=O)N1CCCN1C(=O)c1scc(S(C)(=O)=O)c1Cl. The van der Waals surface area contributed by atoms with Crippen LogP contribution in [0.25, 0.3) is 10.9 Å². The van der Waals surface area contributed by atoms with E-state index in [9.17, 15) is 18.0 Å². The summed E-state index contributed by atoms with van der Waals surface area (Å²) in [6.07, 6.45) is 1.85. The standard InChI is InChI=1S/C20H20ClN3O4S2/c1-12-14(13-6-3-4-7-15(13)22-12)10-17(25)23-8-5-9-24(23)20(26)19-18(21)16(11-29-19)30(2,27)28/h3-4,6-7,11,22H,5,8-10H2,1-2H3. The van der Waals surface area contributed by atoms with Crippen molar-refractivity contribution in [3.63, 3.8) is 0 Å². The predicted octanol–water partition coefficient (Wildman–Crippen LogP) is 3.43. The Labute approximate surface area is 183 Å². The first kappa shape index (κ1) is 20.9. The average Bonchev–Trinajstić information content (AvgIpc) is 3.38. The number of amides is 2. The molecule has 3 heterocycles. The van der Waals surface area contributed by atoms with E-state index in [-0.39, 0.29) is 27.1 Å². The summed E-state index contributed by atoms with van der Waals surface area (Å²) in [7, 11) is -3.54. The first-order valence-corrected chi connectivity index (χ1v) is 12.5. The van der Waals surface area contributed by atoms with E-state index in [4.69, 9.17) is 11.6 Å². The van der Waals surface area contributed by atoms with E-state index < -0.39 is 15.7 Å². The minimum absolute atomic E-state index is 0.0657. The van der Waals surface area contributed by atoms with E-state index >= 15 is 0 Å². The van der Waals surface area contributed by atoms with Crippen LogP contribution in [0, 0.1) is 6.92 Å². The van der Waals surface area contributed by atoms with Crippen LogP contribution in [-0.4, -0.2) is 54.6 Å². The fourth-order valence-electron chi connectivity index (χ4n) is 3.73. The zero-order valence-corrected chi connectivity index (χ0v) is 18.8. The molecule has 1 N–H and O–H groups in total. The number of nitrogens with one attached hydrogen (secondary N) is 1. The number of sulfone groups is 1. The summed E-state index contributed by atoms with van der Waals surface area (Å²) in [5.41, 5.74) is 2.79. The summed E-state index contributed by atoms with van der Waals surface area (Å²) < 4.78 is 23.7. The number of nitrogens with zero attached hydrogens (tertiary/aromatic N) is 2. The van der Waals surface area contributed by atoms with E-state index in [0.29, 0.717) is 19.5 Å². The predicted molar refractivity (Wildman–Crippen MR) is 117 cm³/mol. The van der Waals surface area contributed by atoms with Crippen molar-refractivity contribution in [3.05, 3.63) is 50.8 Å². The van der Waals surface area contributed by atoms with Gasteiger partial charge in [0.05, 0.1) is 16.3 Å². The van der Waals surface area contributed by atoms with Gasteiger partial charge in [0.25, 0.3) is 5.91 Å². The molecule has 0 bridgehead atoms. The maximum absolute atomic E-state index is 13.1. The zero-order chi connectivity index (χ0) is 21.6. The van der Waals surface area contributed by atoms with Crippen LogP contribution in [0.1, 0.15) is 27.3 Å².